The van der Waals surface area contributed by atoms with Crippen molar-refractivity contribution in [1.29, 1.82) is 0 Å². The van der Waals surface area contributed by atoms with Gasteiger partial charge in [0.2, 0.25) is 0 Å². The Labute approximate surface area is 107 Å². The molecule has 1 aromatic rings. The number of hydrogen-bond donors (Lipinski definition) is 0. The molecule has 1 aromatic carbocycles. The van der Waals surface area contributed by atoms with E-state index in [1.165, 1.54) is 6.07 Å². The maximum Gasteiger partial charge on any atom is 0.471 e. The minimum atomic E-state index is -4.92. The molecule has 0 aliphatic carbocycles. The number of alkyl halides is 3. The molecule has 0 aromatic heterocycles. The highest BCUT2D eigenvalue weighted by Gasteiger charge is 2.42. The highest BCUT2D eigenvalue weighted by Crippen LogP contribution is 2.33. The van der Waals surface area contributed by atoms with Gasteiger partial charge in [0.05, 0.1) is 18.9 Å². The molecule has 0 saturated carbocycles. The number of amides is 1. The molecule has 1 heterocycles. The fraction of sp³-hybridized carbons (Fsp3) is 0.417. The van der Waals surface area contributed by atoms with Crippen LogP contribution in [0.5, 0.6) is 0 Å². The molecule has 0 unspecified atom stereocenters. The highest BCUT2D eigenvalue weighted by molar-refractivity contribution is 5.97. The largest absolute Gasteiger partial charge is 0.471 e. The first-order valence-corrected chi connectivity index (χ1v) is 5.58. The molecule has 19 heavy (non-hydrogen) atoms. The number of anilines is 1. The molecule has 0 atom stereocenters. The average Bonchev–Trinajstić information content (AvgIpc) is 2.89. The summed E-state index contributed by atoms with van der Waals surface area (Å²) in [6, 6.07) is 6.19. The third-order valence-electron chi connectivity index (χ3n) is 2.72. The molecule has 0 spiro atoms. The van der Waals surface area contributed by atoms with Crippen molar-refractivity contribution in [2.24, 2.45) is 0 Å². The van der Waals surface area contributed by atoms with E-state index in [1.807, 2.05) is 0 Å². The van der Waals surface area contributed by atoms with Crippen LogP contribution in [0.3, 0.4) is 0 Å². The number of rotatable bonds is 2. The second kappa shape index (κ2) is 5.18. The topological polar surface area (TPSA) is 38.8 Å². The van der Waals surface area contributed by atoms with Gasteiger partial charge in [0, 0.05) is 12.6 Å². The van der Waals surface area contributed by atoms with Crippen LogP contribution in [-0.2, 0) is 14.3 Å². The van der Waals surface area contributed by atoms with E-state index < -0.39 is 18.4 Å². The van der Waals surface area contributed by atoms with Crippen molar-refractivity contribution in [3.05, 3.63) is 29.8 Å². The van der Waals surface area contributed by atoms with Gasteiger partial charge in [-0.1, -0.05) is 18.2 Å². The first kappa shape index (κ1) is 13.8. The Bertz CT molecular complexity index is 470. The van der Waals surface area contributed by atoms with Gasteiger partial charge in [-0.15, -0.1) is 0 Å². The SMILES string of the molecule is CN(C(=O)C(F)(F)F)c1ccccc1C1OCCO1. The first-order chi connectivity index (χ1) is 8.91. The lowest BCUT2D eigenvalue weighted by molar-refractivity contribution is -0.170. The van der Waals surface area contributed by atoms with E-state index in [4.69, 9.17) is 9.47 Å². The molecule has 104 valence electrons. The Balaban J connectivity index is 2.31. The summed E-state index contributed by atoms with van der Waals surface area (Å²) in [7, 11) is 1.07. The predicted molar refractivity (Wildman–Crippen MR) is 60.6 cm³/mol. The van der Waals surface area contributed by atoms with E-state index in [1.54, 1.807) is 18.2 Å². The van der Waals surface area contributed by atoms with Crippen molar-refractivity contribution < 1.29 is 27.4 Å². The molecule has 1 amide bonds. The van der Waals surface area contributed by atoms with Gasteiger partial charge >= 0.3 is 12.1 Å². The molecule has 0 N–H and O–H groups in total. The Morgan fingerprint density at radius 3 is 2.42 bits per heavy atom. The number of hydrogen-bond acceptors (Lipinski definition) is 3. The maximum absolute atomic E-state index is 12.4. The first-order valence-electron chi connectivity index (χ1n) is 5.58. The molecule has 7 heteroatoms. The van der Waals surface area contributed by atoms with Crippen LogP contribution in [0.15, 0.2) is 24.3 Å². The van der Waals surface area contributed by atoms with Gasteiger partial charge in [-0.05, 0) is 6.07 Å². The zero-order valence-corrected chi connectivity index (χ0v) is 10.1. The van der Waals surface area contributed by atoms with Crippen molar-refractivity contribution in [2.75, 3.05) is 25.2 Å². The normalized spacial score (nSPS) is 16.6. The Morgan fingerprint density at radius 1 is 1.26 bits per heavy atom. The molecule has 1 aliphatic heterocycles. The zero-order valence-electron chi connectivity index (χ0n) is 10.1. The number of para-hydroxylation sites is 1. The summed E-state index contributed by atoms with van der Waals surface area (Å²) < 4.78 is 47.8. The van der Waals surface area contributed by atoms with Crippen LogP contribution >= 0.6 is 0 Å². The fourth-order valence-electron chi connectivity index (χ4n) is 1.83. The second-order valence-corrected chi connectivity index (χ2v) is 3.99. The Morgan fingerprint density at radius 2 is 1.84 bits per heavy atom. The van der Waals surface area contributed by atoms with E-state index in [9.17, 15) is 18.0 Å². The molecule has 0 radical (unpaired) electrons. The van der Waals surface area contributed by atoms with Gasteiger partial charge in [0.15, 0.2) is 6.29 Å². The quantitative estimate of drug-likeness (QED) is 0.831. The van der Waals surface area contributed by atoms with Crippen LogP contribution in [0.2, 0.25) is 0 Å². The third-order valence-corrected chi connectivity index (χ3v) is 2.72. The molecule has 1 aliphatic rings. The van der Waals surface area contributed by atoms with E-state index in [0.717, 1.165) is 7.05 Å². The van der Waals surface area contributed by atoms with Gasteiger partial charge in [0.1, 0.15) is 0 Å². The summed E-state index contributed by atoms with van der Waals surface area (Å²) in [5.74, 6) is -1.93. The van der Waals surface area contributed by atoms with Crippen LogP contribution < -0.4 is 4.90 Å². The van der Waals surface area contributed by atoms with E-state index >= 15 is 0 Å². The van der Waals surface area contributed by atoms with Crippen molar-refractivity contribution in [1.82, 2.24) is 0 Å². The molecular weight excluding hydrogens is 263 g/mol. The minimum Gasteiger partial charge on any atom is -0.346 e. The summed E-state index contributed by atoms with van der Waals surface area (Å²) >= 11 is 0. The van der Waals surface area contributed by atoms with Gasteiger partial charge in [-0.25, -0.2) is 0 Å². The van der Waals surface area contributed by atoms with Crippen molar-refractivity contribution in [2.45, 2.75) is 12.5 Å². The molecule has 4 nitrogen and oxygen atoms in total. The summed E-state index contributed by atoms with van der Waals surface area (Å²) in [5, 5.41) is 0. The van der Waals surface area contributed by atoms with Crippen LogP contribution in [0.4, 0.5) is 18.9 Å². The standard InChI is InChI=1S/C12H12F3NO3/c1-16(11(17)12(13,14)15)9-5-3-2-4-8(9)10-18-6-7-19-10/h2-5,10H,6-7H2,1H3. The maximum atomic E-state index is 12.4. The lowest BCUT2D eigenvalue weighted by atomic mass is 10.1. The summed E-state index contributed by atoms with van der Waals surface area (Å²) in [4.78, 5) is 11.8. The lowest BCUT2D eigenvalue weighted by Gasteiger charge is -2.23. The van der Waals surface area contributed by atoms with E-state index in [2.05, 4.69) is 0 Å². The number of carbonyl (C=O) groups is 1. The van der Waals surface area contributed by atoms with Gasteiger partial charge in [-0.2, -0.15) is 13.2 Å². The van der Waals surface area contributed by atoms with Gasteiger partial charge in [-0.3, -0.25) is 4.79 Å². The number of nitrogens with zero attached hydrogens (tertiary/aromatic N) is 1. The lowest BCUT2D eigenvalue weighted by Crippen LogP contribution is -2.39. The molecule has 0 bridgehead atoms. The van der Waals surface area contributed by atoms with Crippen LogP contribution in [0.25, 0.3) is 0 Å². The smallest absolute Gasteiger partial charge is 0.346 e. The number of benzene rings is 1. The predicted octanol–water partition coefficient (Wildman–Crippen LogP) is 2.26. The van der Waals surface area contributed by atoms with Crippen LogP contribution in [-0.4, -0.2) is 32.3 Å². The van der Waals surface area contributed by atoms with Gasteiger partial charge < -0.3 is 14.4 Å². The highest BCUT2D eigenvalue weighted by atomic mass is 19.4. The number of carbonyl (C=O) groups excluding carboxylic acids is 1. The second-order valence-electron chi connectivity index (χ2n) is 3.99. The van der Waals surface area contributed by atoms with E-state index in [-0.39, 0.29) is 5.69 Å². The Kier molecular flexibility index (Phi) is 3.77. The van der Waals surface area contributed by atoms with Crippen molar-refractivity contribution >= 4 is 11.6 Å². The number of ether oxygens (including phenoxy) is 2. The number of halogens is 3. The zero-order chi connectivity index (χ0) is 14.0. The minimum absolute atomic E-state index is 0.122. The van der Waals surface area contributed by atoms with Crippen LogP contribution in [0.1, 0.15) is 11.9 Å². The summed E-state index contributed by atoms with van der Waals surface area (Å²) in [6.45, 7) is 0.742. The summed E-state index contributed by atoms with van der Waals surface area (Å²) in [6.07, 6.45) is -5.65. The third kappa shape index (κ3) is 2.87. The monoisotopic (exact) mass is 275 g/mol. The van der Waals surface area contributed by atoms with Crippen molar-refractivity contribution in [3.8, 4) is 0 Å². The Hall–Kier alpha value is -1.60. The average molecular weight is 275 g/mol. The van der Waals surface area contributed by atoms with Crippen molar-refractivity contribution in [3.63, 3.8) is 0 Å². The molecule has 2 rings (SSSR count). The van der Waals surface area contributed by atoms with Gasteiger partial charge in [0.25, 0.3) is 0 Å². The van der Waals surface area contributed by atoms with E-state index in [0.29, 0.717) is 23.7 Å². The fourth-order valence-corrected chi connectivity index (χ4v) is 1.83. The molecular formula is C12H12F3NO3. The van der Waals surface area contributed by atoms with Crippen LogP contribution in [0, 0.1) is 0 Å². The molecule has 1 saturated heterocycles. The summed E-state index contributed by atoms with van der Waals surface area (Å²) in [5.41, 5.74) is 0.525. The molecule has 1 fully saturated rings.